The molecular formula is C32H41N3O5S. The van der Waals surface area contributed by atoms with Crippen LogP contribution in [0.3, 0.4) is 0 Å². The van der Waals surface area contributed by atoms with Crippen LogP contribution >= 0.6 is 11.3 Å². The number of ether oxygens (including phenoxy) is 3. The predicted octanol–water partition coefficient (Wildman–Crippen LogP) is 6.56. The van der Waals surface area contributed by atoms with Crippen molar-refractivity contribution in [1.82, 2.24) is 14.9 Å². The van der Waals surface area contributed by atoms with Crippen molar-refractivity contribution in [2.24, 2.45) is 11.8 Å². The first-order valence-corrected chi connectivity index (χ1v) is 15.1. The number of thiazole rings is 1. The zero-order chi connectivity index (χ0) is 29.7. The van der Waals surface area contributed by atoms with E-state index in [1.165, 1.54) is 7.11 Å². The van der Waals surface area contributed by atoms with Crippen LogP contribution in [0.15, 0.2) is 36.2 Å². The molecule has 2 heterocycles. The molecule has 2 aromatic heterocycles. The number of nitrogens with zero attached hydrogens (tertiary/aromatic N) is 3. The highest BCUT2D eigenvalue weighted by Gasteiger charge is 2.45. The van der Waals surface area contributed by atoms with Gasteiger partial charge in [0.25, 0.3) is 0 Å². The number of carbonyl (C=O) groups is 2. The summed E-state index contributed by atoms with van der Waals surface area (Å²) in [7, 11) is 4.82. The van der Waals surface area contributed by atoms with Crippen molar-refractivity contribution in [2.75, 3.05) is 27.8 Å². The SMILES string of the molecule is C=CCCCCN(C)C(=O)[C@@H]1C[C@H](Oc2cc(-c3nc(C(C)C)cs3)nc3c(C)c(OC)ccc23)CC1C(=O)OC. The number of unbranched alkanes of at least 4 members (excludes halogenated alkanes) is 2. The lowest BCUT2D eigenvalue weighted by atomic mass is 9.94. The number of aromatic nitrogens is 2. The standard InChI is InChI=1S/C32H41N3O5S/c1-8-9-10-11-14-35(5)31(36)23-15-21(16-24(23)32(37)39-7)40-28-17-25(30-34-26(18-41-30)19(2)3)33-29-20(4)27(38-6)13-12-22(28)29/h8,12-13,17-19,21,23-24H,1,9-11,14-16H2,2-7H3/t21-,23+,24?/m0/s1. The van der Waals surface area contributed by atoms with Gasteiger partial charge >= 0.3 is 5.97 Å². The van der Waals surface area contributed by atoms with Crippen LogP contribution in [0, 0.1) is 18.8 Å². The molecule has 0 radical (unpaired) electrons. The zero-order valence-corrected chi connectivity index (χ0v) is 25.8. The summed E-state index contributed by atoms with van der Waals surface area (Å²) in [5.41, 5.74) is 3.41. The summed E-state index contributed by atoms with van der Waals surface area (Å²) in [4.78, 5) is 37.8. The second kappa shape index (κ2) is 13.5. The summed E-state index contributed by atoms with van der Waals surface area (Å²) in [6.45, 7) is 10.6. The Morgan fingerprint density at radius 2 is 1.90 bits per heavy atom. The molecule has 3 atom stereocenters. The molecule has 41 heavy (non-hydrogen) atoms. The third kappa shape index (κ3) is 6.72. The number of fused-ring (bicyclic) bond motifs is 1. The van der Waals surface area contributed by atoms with Gasteiger partial charge in [-0.1, -0.05) is 19.9 Å². The van der Waals surface area contributed by atoms with Crippen LogP contribution in [0.4, 0.5) is 0 Å². The van der Waals surface area contributed by atoms with Gasteiger partial charge in [0.1, 0.15) is 28.3 Å². The summed E-state index contributed by atoms with van der Waals surface area (Å²) in [6.07, 6.45) is 5.14. The monoisotopic (exact) mass is 579 g/mol. The fourth-order valence-corrected chi connectivity index (χ4v) is 6.40. The summed E-state index contributed by atoms with van der Waals surface area (Å²) in [6, 6.07) is 5.78. The second-order valence-corrected chi connectivity index (χ2v) is 11.9. The summed E-state index contributed by atoms with van der Waals surface area (Å²) in [5, 5.41) is 3.72. The lowest BCUT2D eigenvalue weighted by Crippen LogP contribution is -2.37. The molecule has 0 aliphatic heterocycles. The molecule has 0 N–H and O–H groups in total. The third-order valence-electron chi connectivity index (χ3n) is 7.86. The lowest BCUT2D eigenvalue weighted by Gasteiger charge is -2.24. The molecule has 3 aromatic rings. The van der Waals surface area contributed by atoms with E-state index in [9.17, 15) is 9.59 Å². The minimum absolute atomic E-state index is 0.0463. The van der Waals surface area contributed by atoms with E-state index in [1.807, 2.05) is 31.2 Å². The van der Waals surface area contributed by atoms with Crippen molar-refractivity contribution in [3.8, 4) is 22.2 Å². The number of esters is 1. The van der Waals surface area contributed by atoms with Crippen molar-refractivity contribution < 1.29 is 23.8 Å². The molecule has 1 amide bonds. The molecule has 0 saturated heterocycles. The third-order valence-corrected chi connectivity index (χ3v) is 8.74. The van der Waals surface area contributed by atoms with E-state index >= 15 is 0 Å². The van der Waals surface area contributed by atoms with Gasteiger partial charge in [-0.25, -0.2) is 9.97 Å². The van der Waals surface area contributed by atoms with Crippen molar-refractivity contribution in [3.05, 3.63) is 47.5 Å². The smallest absolute Gasteiger partial charge is 0.309 e. The highest BCUT2D eigenvalue weighted by atomic mass is 32.1. The number of allylic oxidation sites excluding steroid dienone is 1. The topological polar surface area (TPSA) is 90.9 Å². The molecular weight excluding hydrogens is 538 g/mol. The number of pyridine rings is 1. The van der Waals surface area contributed by atoms with Crippen LogP contribution in [0.2, 0.25) is 0 Å². The quantitative estimate of drug-likeness (QED) is 0.136. The van der Waals surface area contributed by atoms with Gasteiger partial charge in [-0.15, -0.1) is 17.9 Å². The first kappa shape index (κ1) is 30.5. The molecule has 0 bridgehead atoms. The van der Waals surface area contributed by atoms with Gasteiger partial charge in [-0.2, -0.15) is 0 Å². The molecule has 1 aromatic carbocycles. The highest BCUT2D eigenvalue weighted by Crippen LogP contribution is 2.41. The van der Waals surface area contributed by atoms with E-state index in [2.05, 4.69) is 25.8 Å². The van der Waals surface area contributed by atoms with Gasteiger partial charge in [0, 0.05) is 36.0 Å². The van der Waals surface area contributed by atoms with Gasteiger partial charge < -0.3 is 19.1 Å². The number of benzene rings is 1. The van der Waals surface area contributed by atoms with Crippen molar-refractivity contribution >= 4 is 34.1 Å². The Morgan fingerprint density at radius 3 is 2.56 bits per heavy atom. The molecule has 1 aliphatic carbocycles. The Kier molecular flexibility index (Phi) is 10.0. The number of methoxy groups -OCH3 is 2. The lowest BCUT2D eigenvalue weighted by molar-refractivity contribution is -0.151. The number of hydrogen-bond acceptors (Lipinski definition) is 8. The maximum Gasteiger partial charge on any atom is 0.309 e. The summed E-state index contributed by atoms with van der Waals surface area (Å²) < 4.78 is 17.3. The minimum Gasteiger partial charge on any atom is -0.496 e. The van der Waals surface area contributed by atoms with Gasteiger partial charge in [-0.05, 0) is 57.1 Å². The maximum absolute atomic E-state index is 13.5. The molecule has 1 fully saturated rings. The Bertz CT molecular complexity index is 1400. The predicted molar refractivity (Wildman–Crippen MR) is 163 cm³/mol. The normalized spacial score (nSPS) is 18.5. The van der Waals surface area contributed by atoms with Gasteiger partial charge in [-0.3, -0.25) is 9.59 Å². The molecule has 1 aliphatic rings. The minimum atomic E-state index is -0.560. The molecule has 8 nitrogen and oxygen atoms in total. The van der Waals surface area contributed by atoms with Crippen LogP contribution in [0.25, 0.3) is 21.6 Å². The zero-order valence-electron chi connectivity index (χ0n) is 24.9. The first-order chi connectivity index (χ1) is 19.7. The summed E-state index contributed by atoms with van der Waals surface area (Å²) in [5.74, 6) is 0.213. The molecule has 9 heteroatoms. The highest BCUT2D eigenvalue weighted by molar-refractivity contribution is 7.13. The van der Waals surface area contributed by atoms with Crippen molar-refractivity contribution in [3.63, 3.8) is 0 Å². The number of carbonyl (C=O) groups excluding carboxylic acids is 2. The van der Waals surface area contributed by atoms with Crippen molar-refractivity contribution in [2.45, 2.75) is 64.9 Å². The molecule has 220 valence electrons. The van der Waals surface area contributed by atoms with E-state index in [4.69, 9.17) is 24.2 Å². The van der Waals surface area contributed by atoms with Gasteiger partial charge in [0.2, 0.25) is 5.91 Å². The van der Waals surface area contributed by atoms with Crippen LogP contribution in [-0.2, 0) is 14.3 Å². The van der Waals surface area contributed by atoms with E-state index in [0.29, 0.717) is 31.1 Å². The second-order valence-electron chi connectivity index (χ2n) is 11.0. The number of amides is 1. The van der Waals surface area contributed by atoms with Gasteiger partial charge in [0.05, 0.1) is 37.3 Å². The Labute approximate surface area is 246 Å². The molecule has 4 rings (SSSR count). The van der Waals surface area contributed by atoms with Crippen LogP contribution in [0.5, 0.6) is 11.5 Å². The fraction of sp³-hybridized carbons (Fsp3) is 0.500. The Balaban J connectivity index is 1.66. The number of aryl methyl sites for hydroxylation is 1. The van der Waals surface area contributed by atoms with Crippen LogP contribution in [0.1, 0.15) is 63.1 Å². The van der Waals surface area contributed by atoms with E-state index < -0.39 is 11.8 Å². The Morgan fingerprint density at radius 1 is 1.15 bits per heavy atom. The number of rotatable bonds is 12. The van der Waals surface area contributed by atoms with E-state index in [0.717, 1.165) is 57.9 Å². The molecule has 1 saturated carbocycles. The van der Waals surface area contributed by atoms with E-state index in [1.54, 1.807) is 30.4 Å². The summed E-state index contributed by atoms with van der Waals surface area (Å²) >= 11 is 1.55. The molecule has 1 unspecified atom stereocenters. The average molecular weight is 580 g/mol. The number of hydrogen-bond donors (Lipinski definition) is 0. The first-order valence-electron chi connectivity index (χ1n) is 14.2. The Hall–Kier alpha value is -3.46. The van der Waals surface area contributed by atoms with Crippen molar-refractivity contribution in [1.29, 1.82) is 0 Å². The maximum atomic E-state index is 13.5. The van der Waals surface area contributed by atoms with Crippen LogP contribution in [-0.4, -0.2) is 60.7 Å². The van der Waals surface area contributed by atoms with Crippen LogP contribution < -0.4 is 9.47 Å². The van der Waals surface area contributed by atoms with Gasteiger partial charge in [0.15, 0.2) is 0 Å². The average Bonchev–Trinajstić information content (AvgIpc) is 3.63. The molecule has 0 spiro atoms. The largest absolute Gasteiger partial charge is 0.496 e. The van der Waals surface area contributed by atoms with E-state index in [-0.39, 0.29) is 18.0 Å². The fourth-order valence-electron chi connectivity index (χ4n) is 5.46.